The van der Waals surface area contributed by atoms with E-state index in [9.17, 15) is 4.39 Å². The van der Waals surface area contributed by atoms with Crippen LogP contribution in [0.15, 0.2) is 24.3 Å². The summed E-state index contributed by atoms with van der Waals surface area (Å²) in [6.45, 7) is 4.61. The molecule has 17 heavy (non-hydrogen) atoms. The lowest BCUT2D eigenvalue weighted by molar-refractivity contribution is 0.0979. The number of likely N-dealkylation sites (tertiary alicyclic amines) is 1. The Bertz CT molecular complexity index is 367. The summed E-state index contributed by atoms with van der Waals surface area (Å²) in [6, 6.07) is 7.41. The third-order valence-corrected chi connectivity index (χ3v) is 3.80. The van der Waals surface area contributed by atoms with Gasteiger partial charge in [0.1, 0.15) is 5.82 Å². The van der Waals surface area contributed by atoms with Gasteiger partial charge >= 0.3 is 0 Å². The molecular weight excluding hydrogens is 215 g/mol. The molecule has 1 aromatic carbocycles. The van der Waals surface area contributed by atoms with Crippen LogP contribution in [-0.4, -0.2) is 24.0 Å². The molecule has 1 heterocycles. The lowest BCUT2D eigenvalue weighted by atomic mass is 9.90. The molecule has 0 saturated carbocycles. The van der Waals surface area contributed by atoms with Gasteiger partial charge in [-0.15, -0.1) is 0 Å². The van der Waals surface area contributed by atoms with Gasteiger partial charge in [0, 0.05) is 24.7 Å². The SMILES string of the molecule is CC1CCCN(Cc2ccccc2F)C1CN. The molecule has 0 spiro atoms. The van der Waals surface area contributed by atoms with Crippen LogP contribution in [0.3, 0.4) is 0 Å². The molecule has 0 amide bonds. The Labute approximate surface area is 103 Å². The minimum Gasteiger partial charge on any atom is -0.329 e. The van der Waals surface area contributed by atoms with E-state index in [1.54, 1.807) is 6.07 Å². The van der Waals surface area contributed by atoms with Crippen molar-refractivity contribution in [1.29, 1.82) is 0 Å². The van der Waals surface area contributed by atoms with Gasteiger partial charge in [0.2, 0.25) is 0 Å². The van der Waals surface area contributed by atoms with Crippen LogP contribution in [0.4, 0.5) is 4.39 Å². The summed E-state index contributed by atoms with van der Waals surface area (Å²) in [4.78, 5) is 2.33. The van der Waals surface area contributed by atoms with E-state index in [1.807, 2.05) is 12.1 Å². The molecule has 1 aromatic rings. The van der Waals surface area contributed by atoms with Gasteiger partial charge in [-0.3, -0.25) is 4.90 Å². The molecule has 0 bridgehead atoms. The van der Waals surface area contributed by atoms with E-state index in [2.05, 4.69) is 11.8 Å². The van der Waals surface area contributed by atoms with Crippen molar-refractivity contribution in [3.63, 3.8) is 0 Å². The maximum absolute atomic E-state index is 13.6. The first-order chi connectivity index (χ1) is 8.22. The summed E-state index contributed by atoms with van der Waals surface area (Å²) in [7, 11) is 0. The quantitative estimate of drug-likeness (QED) is 0.873. The number of nitrogens with zero attached hydrogens (tertiary/aromatic N) is 1. The third kappa shape index (κ3) is 2.85. The average molecular weight is 236 g/mol. The maximum atomic E-state index is 13.6. The molecule has 1 aliphatic rings. The van der Waals surface area contributed by atoms with Gasteiger partial charge < -0.3 is 5.73 Å². The van der Waals surface area contributed by atoms with Crippen LogP contribution in [0.5, 0.6) is 0 Å². The minimum absolute atomic E-state index is 0.110. The molecular formula is C14H21FN2. The number of nitrogens with two attached hydrogens (primary N) is 1. The second-order valence-corrected chi connectivity index (χ2v) is 4.98. The van der Waals surface area contributed by atoms with Crippen molar-refractivity contribution in [2.45, 2.75) is 32.4 Å². The predicted octanol–water partition coefficient (Wildman–Crippen LogP) is 2.38. The Hall–Kier alpha value is -0.930. The molecule has 1 saturated heterocycles. The molecule has 2 rings (SSSR count). The number of piperidine rings is 1. The molecule has 2 unspecified atom stereocenters. The van der Waals surface area contributed by atoms with Gasteiger partial charge in [0.05, 0.1) is 0 Å². The highest BCUT2D eigenvalue weighted by molar-refractivity contribution is 5.17. The molecule has 1 fully saturated rings. The maximum Gasteiger partial charge on any atom is 0.127 e. The summed E-state index contributed by atoms with van der Waals surface area (Å²) in [6.07, 6.45) is 2.42. The van der Waals surface area contributed by atoms with Gasteiger partial charge in [-0.2, -0.15) is 0 Å². The van der Waals surface area contributed by atoms with Gasteiger partial charge in [0.15, 0.2) is 0 Å². The Morgan fingerprint density at radius 1 is 1.41 bits per heavy atom. The standard InChI is InChI=1S/C14H21FN2/c1-11-5-4-8-17(14(11)9-16)10-12-6-2-3-7-13(12)15/h2-3,6-7,11,14H,4-5,8-10,16H2,1H3. The fourth-order valence-electron chi connectivity index (χ4n) is 2.76. The van der Waals surface area contributed by atoms with E-state index in [1.165, 1.54) is 18.9 Å². The normalized spacial score (nSPS) is 26.1. The van der Waals surface area contributed by atoms with Crippen LogP contribution < -0.4 is 5.73 Å². The number of hydrogen-bond donors (Lipinski definition) is 1. The second kappa shape index (κ2) is 5.61. The van der Waals surface area contributed by atoms with Gasteiger partial charge in [-0.1, -0.05) is 25.1 Å². The first-order valence-electron chi connectivity index (χ1n) is 6.40. The molecule has 0 aliphatic carbocycles. The highest BCUT2D eigenvalue weighted by Gasteiger charge is 2.27. The Kier molecular flexibility index (Phi) is 4.13. The molecule has 3 heteroatoms. The van der Waals surface area contributed by atoms with Crippen molar-refractivity contribution in [2.75, 3.05) is 13.1 Å². The predicted molar refractivity (Wildman–Crippen MR) is 68.1 cm³/mol. The molecule has 2 atom stereocenters. The zero-order valence-corrected chi connectivity index (χ0v) is 10.4. The molecule has 0 aromatic heterocycles. The van der Waals surface area contributed by atoms with Crippen molar-refractivity contribution in [1.82, 2.24) is 4.90 Å². The van der Waals surface area contributed by atoms with Gasteiger partial charge in [0.25, 0.3) is 0 Å². The number of halogens is 1. The van der Waals surface area contributed by atoms with E-state index >= 15 is 0 Å². The van der Waals surface area contributed by atoms with Gasteiger partial charge in [-0.05, 0) is 31.4 Å². The van der Waals surface area contributed by atoms with Crippen LogP contribution >= 0.6 is 0 Å². The zero-order valence-electron chi connectivity index (χ0n) is 10.4. The smallest absolute Gasteiger partial charge is 0.127 e. The fraction of sp³-hybridized carbons (Fsp3) is 0.571. The summed E-state index contributed by atoms with van der Waals surface area (Å²) in [5.41, 5.74) is 6.62. The Balaban J connectivity index is 2.09. The van der Waals surface area contributed by atoms with Crippen LogP contribution in [-0.2, 0) is 6.54 Å². The lowest BCUT2D eigenvalue weighted by Gasteiger charge is -2.39. The first kappa shape index (κ1) is 12.5. The van der Waals surface area contributed by atoms with Crippen LogP contribution in [0.1, 0.15) is 25.3 Å². The van der Waals surface area contributed by atoms with Crippen molar-refractivity contribution in [2.24, 2.45) is 11.7 Å². The molecule has 94 valence electrons. The second-order valence-electron chi connectivity index (χ2n) is 4.98. The van der Waals surface area contributed by atoms with Crippen molar-refractivity contribution in [3.05, 3.63) is 35.6 Å². The molecule has 2 nitrogen and oxygen atoms in total. The van der Waals surface area contributed by atoms with Crippen LogP contribution in [0.25, 0.3) is 0 Å². The summed E-state index contributed by atoms with van der Waals surface area (Å²) < 4.78 is 13.6. The number of rotatable bonds is 3. The summed E-state index contributed by atoms with van der Waals surface area (Å²) >= 11 is 0. The minimum atomic E-state index is -0.110. The monoisotopic (exact) mass is 236 g/mol. The number of hydrogen-bond acceptors (Lipinski definition) is 2. The van der Waals surface area contributed by atoms with Crippen molar-refractivity contribution in [3.8, 4) is 0 Å². The van der Waals surface area contributed by atoms with E-state index in [4.69, 9.17) is 5.73 Å². The van der Waals surface area contributed by atoms with Crippen molar-refractivity contribution < 1.29 is 4.39 Å². The highest BCUT2D eigenvalue weighted by atomic mass is 19.1. The Morgan fingerprint density at radius 2 is 2.18 bits per heavy atom. The van der Waals surface area contributed by atoms with E-state index in [0.29, 0.717) is 25.0 Å². The topological polar surface area (TPSA) is 29.3 Å². The van der Waals surface area contributed by atoms with E-state index in [0.717, 1.165) is 12.1 Å². The first-order valence-corrected chi connectivity index (χ1v) is 6.40. The third-order valence-electron chi connectivity index (χ3n) is 3.80. The van der Waals surface area contributed by atoms with E-state index < -0.39 is 0 Å². The number of benzene rings is 1. The fourth-order valence-corrected chi connectivity index (χ4v) is 2.76. The largest absolute Gasteiger partial charge is 0.329 e. The van der Waals surface area contributed by atoms with Crippen molar-refractivity contribution >= 4 is 0 Å². The molecule has 1 aliphatic heterocycles. The Morgan fingerprint density at radius 3 is 2.88 bits per heavy atom. The average Bonchev–Trinajstić information content (AvgIpc) is 2.32. The van der Waals surface area contributed by atoms with Crippen LogP contribution in [0.2, 0.25) is 0 Å². The molecule has 0 radical (unpaired) electrons. The molecule has 2 N–H and O–H groups in total. The zero-order chi connectivity index (χ0) is 12.3. The summed E-state index contributed by atoms with van der Waals surface area (Å²) in [5.74, 6) is 0.502. The van der Waals surface area contributed by atoms with Crippen LogP contribution in [0, 0.1) is 11.7 Å². The summed E-state index contributed by atoms with van der Waals surface area (Å²) in [5, 5.41) is 0. The highest BCUT2D eigenvalue weighted by Crippen LogP contribution is 2.24. The lowest BCUT2D eigenvalue weighted by Crippen LogP contribution is -2.48. The van der Waals surface area contributed by atoms with E-state index in [-0.39, 0.29) is 5.82 Å². The van der Waals surface area contributed by atoms with Gasteiger partial charge in [-0.25, -0.2) is 4.39 Å².